The molecule has 0 bridgehead atoms. The van der Waals surface area contributed by atoms with Gasteiger partial charge in [0.2, 0.25) is 0 Å². The largest absolute Gasteiger partial charge is 0.377 e. The molecular formula is C19H24N2O3. The average Bonchev–Trinajstić information content (AvgIpc) is 3.01. The van der Waals surface area contributed by atoms with Crippen LogP contribution in [0.5, 0.6) is 0 Å². The van der Waals surface area contributed by atoms with Gasteiger partial charge in [-0.05, 0) is 49.8 Å². The molecule has 1 unspecified atom stereocenters. The molecule has 0 aromatic carbocycles. The molecule has 1 atom stereocenters. The Bertz CT molecular complexity index is 744. The number of nitrogens with zero attached hydrogens (tertiary/aromatic N) is 2. The van der Waals surface area contributed by atoms with Crippen LogP contribution in [0.2, 0.25) is 0 Å². The van der Waals surface area contributed by atoms with Gasteiger partial charge >= 0.3 is 0 Å². The first-order chi connectivity index (χ1) is 11.8. The molecule has 5 heteroatoms. The molecular weight excluding hydrogens is 304 g/mol. The van der Waals surface area contributed by atoms with Gasteiger partial charge in [0.25, 0.3) is 0 Å². The second-order valence-corrected chi connectivity index (χ2v) is 6.53. The number of aromatic nitrogens is 2. The Labute approximate surface area is 142 Å². The fourth-order valence-corrected chi connectivity index (χ4v) is 3.39. The molecule has 2 aromatic rings. The Kier molecular flexibility index (Phi) is 4.65. The molecule has 4 heterocycles. The van der Waals surface area contributed by atoms with Crippen molar-refractivity contribution in [3.63, 3.8) is 0 Å². The van der Waals surface area contributed by atoms with Gasteiger partial charge in [0.05, 0.1) is 25.5 Å². The van der Waals surface area contributed by atoms with Gasteiger partial charge in [0.15, 0.2) is 6.29 Å². The minimum absolute atomic E-state index is 0.0826. The third-order valence-corrected chi connectivity index (χ3v) is 4.64. The summed E-state index contributed by atoms with van der Waals surface area (Å²) in [6.45, 7) is 4.83. The first kappa shape index (κ1) is 15.8. The Morgan fingerprint density at radius 1 is 1.29 bits per heavy atom. The molecule has 0 aliphatic carbocycles. The molecule has 5 nitrogen and oxygen atoms in total. The lowest BCUT2D eigenvalue weighted by Crippen LogP contribution is -2.22. The van der Waals surface area contributed by atoms with E-state index in [4.69, 9.17) is 14.2 Å². The van der Waals surface area contributed by atoms with Crippen LogP contribution >= 0.6 is 0 Å². The van der Waals surface area contributed by atoms with E-state index in [-0.39, 0.29) is 6.29 Å². The Balaban J connectivity index is 1.62. The second-order valence-electron chi connectivity index (χ2n) is 6.53. The van der Waals surface area contributed by atoms with E-state index >= 15 is 0 Å². The van der Waals surface area contributed by atoms with E-state index in [9.17, 15) is 0 Å². The van der Waals surface area contributed by atoms with Crippen molar-refractivity contribution in [2.45, 2.75) is 45.5 Å². The van der Waals surface area contributed by atoms with Crippen LogP contribution in [0.25, 0.3) is 11.2 Å². The summed E-state index contributed by atoms with van der Waals surface area (Å²) in [5.41, 5.74) is 5.67. The molecule has 4 rings (SSSR count). The molecule has 24 heavy (non-hydrogen) atoms. The fraction of sp³-hybridized carbons (Fsp3) is 0.526. The van der Waals surface area contributed by atoms with Crippen LogP contribution in [0, 0.1) is 6.92 Å². The molecule has 1 fully saturated rings. The molecule has 1 saturated heterocycles. The van der Waals surface area contributed by atoms with Crippen molar-refractivity contribution >= 4 is 11.2 Å². The lowest BCUT2D eigenvalue weighted by molar-refractivity contribution is -0.168. The molecule has 0 radical (unpaired) electrons. The van der Waals surface area contributed by atoms with Gasteiger partial charge in [-0.1, -0.05) is 6.08 Å². The normalized spacial score (nSPS) is 21.9. The van der Waals surface area contributed by atoms with E-state index in [0.717, 1.165) is 49.4 Å². The van der Waals surface area contributed by atoms with Crippen LogP contribution in [0.4, 0.5) is 0 Å². The number of hydrogen-bond acceptors (Lipinski definition) is 4. The predicted molar refractivity (Wildman–Crippen MR) is 91.7 cm³/mol. The number of aryl methyl sites for hydroxylation is 1. The number of pyridine rings is 1. The zero-order chi connectivity index (χ0) is 16.4. The Morgan fingerprint density at radius 2 is 2.25 bits per heavy atom. The fourth-order valence-electron chi connectivity index (χ4n) is 3.39. The highest BCUT2D eigenvalue weighted by atomic mass is 16.7. The van der Waals surface area contributed by atoms with Crippen molar-refractivity contribution in [3.8, 4) is 0 Å². The predicted octanol–water partition coefficient (Wildman–Crippen LogP) is 3.49. The zero-order valence-corrected chi connectivity index (χ0v) is 14.2. The molecule has 0 spiro atoms. The van der Waals surface area contributed by atoms with Crippen LogP contribution in [0.3, 0.4) is 0 Å². The number of fused-ring (bicyclic) bond motifs is 1. The first-order valence-corrected chi connectivity index (χ1v) is 8.78. The van der Waals surface area contributed by atoms with Gasteiger partial charge in [0.1, 0.15) is 5.65 Å². The highest BCUT2D eigenvalue weighted by molar-refractivity contribution is 5.68. The monoisotopic (exact) mass is 328 g/mol. The zero-order valence-electron chi connectivity index (χ0n) is 14.2. The summed E-state index contributed by atoms with van der Waals surface area (Å²) in [4.78, 5) is 4.66. The van der Waals surface area contributed by atoms with Crippen molar-refractivity contribution in [3.05, 3.63) is 41.4 Å². The maximum absolute atomic E-state index is 6.01. The molecule has 0 N–H and O–H groups in total. The van der Waals surface area contributed by atoms with Crippen LogP contribution in [-0.4, -0.2) is 35.5 Å². The Morgan fingerprint density at radius 3 is 3.04 bits per heavy atom. The molecule has 2 aliphatic rings. The smallest absolute Gasteiger partial charge is 0.158 e. The molecule has 2 aromatic heterocycles. The lowest BCUT2D eigenvalue weighted by Gasteiger charge is -2.23. The lowest BCUT2D eigenvalue weighted by atomic mass is 10.0. The number of imidazole rings is 1. The average molecular weight is 328 g/mol. The minimum atomic E-state index is -0.0826. The van der Waals surface area contributed by atoms with Crippen LogP contribution in [-0.2, 0) is 20.8 Å². The van der Waals surface area contributed by atoms with Crippen molar-refractivity contribution in [1.29, 1.82) is 0 Å². The maximum atomic E-state index is 6.01. The summed E-state index contributed by atoms with van der Waals surface area (Å²) >= 11 is 0. The first-order valence-electron chi connectivity index (χ1n) is 8.78. The van der Waals surface area contributed by atoms with E-state index in [2.05, 4.69) is 33.9 Å². The van der Waals surface area contributed by atoms with E-state index in [1.165, 1.54) is 17.6 Å². The maximum Gasteiger partial charge on any atom is 0.158 e. The standard InChI is InChI=1S/C19H24N2O3/c1-14-11-21-12-16(15-5-8-22-9-6-15)10-17(19(21)20-14)13-24-18-4-2-3-7-23-18/h5,10-12,18H,2-4,6-9,13H2,1H3. The van der Waals surface area contributed by atoms with Crippen molar-refractivity contribution in [2.75, 3.05) is 19.8 Å². The van der Waals surface area contributed by atoms with Crippen LogP contribution in [0.1, 0.15) is 42.5 Å². The van der Waals surface area contributed by atoms with Crippen molar-refractivity contribution in [2.24, 2.45) is 0 Å². The summed E-state index contributed by atoms with van der Waals surface area (Å²) in [5.74, 6) is 0. The highest BCUT2D eigenvalue weighted by Gasteiger charge is 2.17. The van der Waals surface area contributed by atoms with Gasteiger partial charge in [0, 0.05) is 24.6 Å². The van der Waals surface area contributed by atoms with Crippen LogP contribution < -0.4 is 0 Å². The van der Waals surface area contributed by atoms with Crippen molar-refractivity contribution in [1.82, 2.24) is 9.38 Å². The van der Waals surface area contributed by atoms with Gasteiger partial charge in [-0.2, -0.15) is 0 Å². The van der Waals surface area contributed by atoms with Gasteiger partial charge < -0.3 is 18.6 Å². The third-order valence-electron chi connectivity index (χ3n) is 4.64. The topological polar surface area (TPSA) is 45.0 Å². The second kappa shape index (κ2) is 7.05. The van der Waals surface area contributed by atoms with E-state index in [0.29, 0.717) is 13.2 Å². The van der Waals surface area contributed by atoms with E-state index in [1.807, 2.05) is 6.92 Å². The quantitative estimate of drug-likeness (QED) is 0.862. The summed E-state index contributed by atoms with van der Waals surface area (Å²) in [6.07, 6.45) is 10.6. The summed E-state index contributed by atoms with van der Waals surface area (Å²) in [5, 5.41) is 0. The number of ether oxygens (including phenoxy) is 3. The van der Waals surface area contributed by atoms with Gasteiger partial charge in [-0.25, -0.2) is 4.98 Å². The summed E-state index contributed by atoms with van der Waals surface area (Å²) in [6, 6.07) is 2.21. The Hall–Kier alpha value is -1.69. The number of rotatable bonds is 4. The van der Waals surface area contributed by atoms with Gasteiger partial charge in [-0.3, -0.25) is 0 Å². The van der Waals surface area contributed by atoms with E-state index in [1.54, 1.807) is 0 Å². The minimum Gasteiger partial charge on any atom is -0.377 e. The summed E-state index contributed by atoms with van der Waals surface area (Å²) in [7, 11) is 0. The van der Waals surface area contributed by atoms with Crippen molar-refractivity contribution < 1.29 is 14.2 Å². The highest BCUT2D eigenvalue weighted by Crippen LogP contribution is 2.25. The molecule has 0 saturated carbocycles. The summed E-state index contributed by atoms with van der Waals surface area (Å²) < 4.78 is 19.2. The third kappa shape index (κ3) is 3.38. The van der Waals surface area contributed by atoms with Crippen LogP contribution in [0.15, 0.2) is 24.5 Å². The SMILES string of the molecule is Cc1cn2cc(C3=CCOCC3)cc(COC3CCCCO3)c2n1. The molecule has 0 amide bonds. The number of hydrogen-bond donors (Lipinski definition) is 0. The van der Waals surface area contributed by atoms with Gasteiger partial charge in [-0.15, -0.1) is 0 Å². The molecule has 128 valence electrons. The molecule has 2 aliphatic heterocycles. The van der Waals surface area contributed by atoms with E-state index < -0.39 is 0 Å².